The normalized spacial score (nSPS) is 15.8. The SMILES string of the molecule is Cc1ccc(Oc2ccc(NC(=O)CN3CCC(C)CC3)cc2)nn1. The monoisotopic (exact) mass is 340 g/mol. The predicted molar refractivity (Wildman–Crippen MR) is 96.8 cm³/mol. The number of nitrogens with zero attached hydrogens (tertiary/aromatic N) is 3. The molecule has 1 aromatic carbocycles. The molecule has 1 saturated heterocycles. The van der Waals surface area contributed by atoms with Crippen molar-refractivity contribution in [2.75, 3.05) is 25.0 Å². The van der Waals surface area contributed by atoms with Gasteiger partial charge in [0.25, 0.3) is 0 Å². The largest absolute Gasteiger partial charge is 0.438 e. The summed E-state index contributed by atoms with van der Waals surface area (Å²) in [5, 5.41) is 10.9. The van der Waals surface area contributed by atoms with Crippen LogP contribution in [0, 0.1) is 12.8 Å². The van der Waals surface area contributed by atoms with Crippen LogP contribution in [-0.2, 0) is 4.79 Å². The van der Waals surface area contributed by atoms with Gasteiger partial charge in [-0.25, -0.2) is 0 Å². The third-order valence-electron chi connectivity index (χ3n) is 4.38. The number of aromatic nitrogens is 2. The highest BCUT2D eigenvalue weighted by atomic mass is 16.5. The van der Waals surface area contributed by atoms with Crippen LogP contribution >= 0.6 is 0 Å². The number of rotatable bonds is 5. The van der Waals surface area contributed by atoms with Gasteiger partial charge in [-0.2, -0.15) is 5.10 Å². The highest BCUT2D eigenvalue weighted by molar-refractivity contribution is 5.92. The molecule has 0 radical (unpaired) electrons. The van der Waals surface area contributed by atoms with Gasteiger partial charge in [0.15, 0.2) is 0 Å². The fraction of sp³-hybridized carbons (Fsp3) is 0.421. The molecule has 6 nitrogen and oxygen atoms in total. The van der Waals surface area contributed by atoms with Gasteiger partial charge in [0, 0.05) is 11.8 Å². The maximum absolute atomic E-state index is 12.2. The van der Waals surface area contributed by atoms with Crippen molar-refractivity contribution in [1.82, 2.24) is 15.1 Å². The van der Waals surface area contributed by atoms with Crippen molar-refractivity contribution in [2.45, 2.75) is 26.7 Å². The maximum atomic E-state index is 12.2. The molecule has 0 aliphatic carbocycles. The van der Waals surface area contributed by atoms with Gasteiger partial charge in [0.1, 0.15) is 5.75 Å². The van der Waals surface area contributed by atoms with Crippen LogP contribution in [0.3, 0.4) is 0 Å². The lowest BCUT2D eigenvalue weighted by Gasteiger charge is -2.29. The minimum atomic E-state index is 0.0209. The van der Waals surface area contributed by atoms with Gasteiger partial charge in [-0.3, -0.25) is 9.69 Å². The molecule has 0 unspecified atom stereocenters. The van der Waals surface area contributed by atoms with Crippen LogP contribution in [0.5, 0.6) is 11.6 Å². The van der Waals surface area contributed by atoms with Crippen molar-refractivity contribution in [3.63, 3.8) is 0 Å². The Morgan fingerprint density at radius 2 is 1.88 bits per heavy atom. The molecule has 2 aromatic rings. The first kappa shape index (κ1) is 17.4. The fourth-order valence-electron chi connectivity index (χ4n) is 2.79. The molecule has 2 heterocycles. The van der Waals surface area contributed by atoms with Gasteiger partial charge in [-0.15, -0.1) is 5.10 Å². The smallest absolute Gasteiger partial charge is 0.238 e. The quantitative estimate of drug-likeness (QED) is 0.905. The zero-order valence-electron chi connectivity index (χ0n) is 14.7. The van der Waals surface area contributed by atoms with Gasteiger partial charge in [0.2, 0.25) is 11.8 Å². The van der Waals surface area contributed by atoms with Crippen molar-refractivity contribution in [3.8, 4) is 11.6 Å². The second-order valence-corrected chi connectivity index (χ2v) is 6.65. The molecular formula is C19H24N4O2. The van der Waals surface area contributed by atoms with Gasteiger partial charge >= 0.3 is 0 Å². The molecule has 0 atom stereocenters. The van der Waals surface area contributed by atoms with E-state index in [1.165, 1.54) is 12.8 Å². The van der Waals surface area contributed by atoms with E-state index in [-0.39, 0.29) is 5.91 Å². The Morgan fingerprint density at radius 1 is 1.16 bits per heavy atom. The number of carbonyl (C=O) groups is 1. The number of hydrogen-bond acceptors (Lipinski definition) is 5. The third-order valence-corrected chi connectivity index (χ3v) is 4.38. The predicted octanol–water partition coefficient (Wildman–Crippen LogP) is 3.25. The Hall–Kier alpha value is -2.47. The van der Waals surface area contributed by atoms with Gasteiger partial charge < -0.3 is 10.1 Å². The Kier molecular flexibility index (Phi) is 5.60. The van der Waals surface area contributed by atoms with E-state index < -0.39 is 0 Å². The third kappa shape index (κ3) is 5.26. The minimum Gasteiger partial charge on any atom is -0.438 e. The summed E-state index contributed by atoms with van der Waals surface area (Å²) in [4.78, 5) is 14.4. The molecule has 1 aromatic heterocycles. The lowest BCUT2D eigenvalue weighted by Crippen LogP contribution is -2.38. The zero-order chi connectivity index (χ0) is 17.6. The van der Waals surface area contributed by atoms with Crippen molar-refractivity contribution in [3.05, 3.63) is 42.1 Å². The number of amides is 1. The van der Waals surface area contributed by atoms with Crippen molar-refractivity contribution < 1.29 is 9.53 Å². The highest BCUT2D eigenvalue weighted by Crippen LogP contribution is 2.21. The van der Waals surface area contributed by atoms with Crippen LogP contribution < -0.4 is 10.1 Å². The lowest BCUT2D eigenvalue weighted by atomic mass is 9.99. The fourth-order valence-corrected chi connectivity index (χ4v) is 2.79. The number of hydrogen-bond donors (Lipinski definition) is 1. The van der Waals surface area contributed by atoms with E-state index in [1.807, 2.05) is 25.1 Å². The number of aryl methyl sites for hydroxylation is 1. The molecular weight excluding hydrogens is 316 g/mol. The second-order valence-electron chi connectivity index (χ2n) is 6.65. The van der Waals surface area contributed by atoms with Crippen molar-refractivity contribution in [2.24, 2.45) is 5.92 Å². The number of benzene rings is 1. The topological polar surface area (TPSA) is 67.3 Å². The van der Waals surface area contributed by atoms with E-state index in [2.05, 4.69) is 27.3 Å². The van der Waals surface area contributed by atoms with Crippen LogP contribution in [0.25, 0.3) is 0 Å². The first-order chi connectivity index (χ1) is 12.1. The van der Waals surface area contributed by atoms with E-state index in [1.54, 1.807) is 18.2 Å². The molecule has 1 N–H and O–H groups in total. The molecule has 1 aliphatic heterocycles. The Balaban J connectivity index is 1.50. The van der Waals surface area contributed by atoms with E-state index in [4.69, 9.17) is 4.74 Å². The Bertz CT molecular complexity index is 692. The second kappa shape index (κ2) is 8.07. The molecule has 132 valence electrons. The number of anilines is 1. The summed E-state index contributed by atoms with van der Waals surface area (Å²) in [6.07, 6.45) is 2.34. The standard InChI is InChI=1S/C19H24N4O2/c1-14-9-11-23(12-10-14)13-18(24)20-16-4-6-17(7-5-16)25-19-8-3-15(2)21-22-19/h3-8,14H,9-13H2,1-2H3,(H,20,24). The number of piperidine rings is 1. The Morgan fingerprint density at radius 3 is 2.52 bits per heavy atom. The number of nitrogens with one attached hydrogen (secondary N) is 1. The average molecular weight is 340 g/mol. The summed E-state index contributed by atoms with van der Waals surface area (Å²) >= 11 is 0. The van der Waals surface area contributed by atoms with Gasteiger partial charge in [-0.1, -0.05) is 6.92 Å². The van der Waals surface area contributed by atoms with Crippen molar-refractivity contribution in [1.29, 1.82) is 0 Å². The molecule has 3 rings (SSSR count). The first-order valence-corrected chi connectivity index (χ1v) is 8.69. The molecule has 0 spiro atoms. The van der Waals surface area contributed by atoms with E-state index in [0.717, 1.165) is 30.4 Å². The average Bonchev–Trinajstić information content (AvgIpc) is 2.61. The molecule has 1 fully saturated rings. The van der Waals surface area contributed by atoms with Crippen LogP contribution in [0.2, 0.25) is 0 Å². The van der Waals surface area contributed by atoms with Crippen LogP contribution in [0.1, 0.15) is 25.5 Å². The molecule has 6 heteroatoms. The van der Waals surface area contributed by atoms with E-state index in [9.17, 15) is 4.79 Å². The molecule has 25 heavy (non-hydrogen) atoms. The maximum Gasteiger partial charge on any atom is 0.238 e. The number of ether oxygens (including phenoxy) is 1. The summed E-state index contributed by atoms with van der Waals surface area (Å²) < 4.78 is 5.63. The van der Waals surface area contributed by atoms with E-state index >= 15 is 0 Å². The summed E-state index contributed by atoms with van der Waals surface area (Å²) in [5.41, 5.74) is 1.60. The van der Waals surface area contributed by atoms with E-state index in [0.29, 0.717) is 18.2 Å². The summed E-state index contributed by atoms with van der Waals surface area (Å²) in [6, 6.07) is 10.9. The Labute approximate surface area is 148 Å². The van der Waals surface area contributed by atoms with Crippen LogP contribution in [0.15, 0.2) is 36.4 Å². The minimum absolute atomic E-state index is 0.0209. The van der Waals surface area contributed by atoms with Crippen LogP contribution in [0.4, 0.5) is 5.69 Å². The van der Waals surface area contributed by atoms with Gasteiger partial charge in [0.05, 0.1) is 12.2 Å². The number of likely N-dealkylation sites (tertiary alicyclic amines) is 1. The molecule has 1 aliphatic rings. The molecule has 0 bridgehead atoms. The summed E-state index contributed by atoms with van der Waals surface area (Å²) in [5.74, 6) is 1.89. The summed E-state index contributed by atoms with van der Waals surface area (Å²) in [7, 11) is 0. The lowest BCUT2D eigenvalue weighted by molar-refractivity contribution is -0.117. The molecule has 0 saturated carbocycles. The zero-order valence-corrected chi connectivity index (χ0v) is 14.7. The molecule has 1 amide bonds. The van der Waals surface area contributed by atoms with Crippen molar-refractivity contribution >= 4 is 11.6 Å². The highest BCUT2D eigenvalue weighted by Gasteiger charge is 2.17. The summed E-state index contributed by atoms with van der Waals surface area (Å²) in [6.45, 7) is 6.59. The van der Waals surface area contributed by atoms with Crippen LogP contribution in [-0.4, -0.2) is 40.6 Å². The first-order valence-electron chi connectivity index (χ1n) is 8.69. The van der Waals surface area contributed by atoms with Gasteiger partial charge in [-0.05, 0) is 69.1 Å². The number of carbonyl (C=O) groups excluding carboxylic acids is 1.